The Kier molecular flexibility index (Phi) is 7.12. The van der Waals surface area contributed by atoms with Gasteiger partial charge >= 0.3 is 0 Å². The van der Waals surface area contributed by atoms with Crippen molar-refractivity contribution in [2.24, 2.45) is 5.92 Å². The first-order chi connectivity index (χ1) is 13.2. The fraction of sp³-hybridized carbons (Fsp3) is 0.300. The van der Waals surface area contributed by atoms with Gasteiger partial charge in [-0.05, 0) is 42.2 Å². The van der Waals surface area contributed by atoms with Crippen LogP contribution < -0.4 is 10.6 Å². The Labute approximate surface area is 168 Å². The number of hydrogen-bond acceptors (Lipinski definition) is 4. The van der Waals surface area contributed by atoms with E-state index in [1.807, 2.05) is 19.1 Å². The zero-order chi connectivity index (χ0) is 20.8. The average molecular weight is 404 g/mol. The summed E-state index contributed by atoms with van der Waals surface area (Å²) in [5, 5.41) is 16.4. The summed E-state index contributed by atoms with van der Waals surface area (Å²) in [6.45, 7) is 5.64. The maximum Gasteiger partial charge on any atom is 0.288 e. The number of anilines is 1. The molecule has 1 atom stereocenters. The molecule has 0 aromatic heterocycles. The number of rotatable bonds is 7. The van der Waals surface area contributed by atoms with Crippen LogP contribution in [-0.2, 0) is 11.2 Å². The number of carbonyl (C=O) groups is 2. The van der Waals surface area contributed by atoms with Crippen LogP contribution >= 0.6 is 11.6 Å². The first-order valence-electron chi connectivity index (χ1n) is 8.87. The molecule has 0 aliphatic heterocycles. The van der Waals surface area contributed by atoms with E-state index in [1.165, 1.54) is 12.1 Å². The van der Waals surface area contributed by atoms with Crippen LogP contribution in [0.4, 0.5) is 11.4 Å². The smallest absolute Gasteiger partial charge is 0.288 e. The van der Waals surface area contributed by atoms with Gasteiger partial charge in [0.2, 0.25) is 5.91 Å². The summed E-state index contributed by atoms with van der Waals surface area (Å²) in [7, 11) is 0. The minimum Gasteiger partial charge on any atom is -0.340 e. The molecule has 28 heavy (non-hydrogen) atoms. The summed E-state index contributed by atoms with van der Waals surface area (Å²) in [6, 6.07) is 10.4. The molecule has 0 radical (unpaired) electrons. The van der Waals surface area contributed by atoms with Crippen LogP contribution in [0, 0.1) is 16.0 Å². The summed E-state index contributed by atoms with van der Waals surface area (Å²) in [5.74, 6) is -1.15. The predicted molar refractivity (Wildman–Crippen MR) is 109 cm³/mol. The lowest BCUT2D eigenvalue weighted by Gasteiger charge is -2.22. The van der Waals surface area contributed by atoms with E-state index in [9.17, 15) is 19.7 Å². The van der Waals surface area contributed by atoms with Crippen LogP contribution in [-0.4, -0.2) is 22.8 Å². The highest BCUT2D eigenvalue weighted by atomic mass is 35.5. The zero-order valence-corrected chi connectivity index (χ0v) is 16.6. The van der Waals surface area contributed by atoms with Gasteiger partial charge in [-0.15, -0.1) is 0 Å². The lowest BCUT2D eigenvalue weighted by atomic mass is 10.0. The molecule has 0 bridgehead atoms. The fourth-order valence-electron chi connectivity index (χ4n) is 2.60. The van der Waals surface area contributed by atoms with E-state index in [0.717, 1.165) is 18.1 Å². The molecule has 0 aliphatic rings. The van der Waals surface area contributed by atoms with Crippen molar-refractivity contribution in [1.29, 1.82) is 0 Å². The molecule has 0 saturated heterocycles. The normalized spacial score (nSPS) is 11.8. The number of amides is 2. The second-order valence-corrected chi connectivity index (χ2v) is 7.07. The summed E-state index contributed by atoms with van der Waals surface area (Å²) in [5.41, 5.74) is 1.47. The van der Waals surface area contributed by atoms with Crippen molar-refractivity contribution in [2.75, 3.05) is 5.32 Å². The van der Waals surface area contributed by atoms with Crippen molar-refractivity contribution in [3.63, 3.8) is 0 Å². The molecule has 2 aromatic rings. The molecule has 0 saturated carbocycles. The van der Waals surface area contributed by atoms with Crippen molar-refractivity contribution in [1.82, 2.24) is 5.32 Å². The van der Waals surface area contributed by atoms with Gasteiger partial charge in [-0.1, -0.05) is 44.5 Å². The SMILES string of the molecule is CCc1ccc(NC(=O)[C@@H](NC(=O)c2ccc(Cl)c([N+](=O)[O-])c2)C(C)C)cc1. The molecule has 8 heteroatoms. The zero-order valence-electron chi connectivity index (χ0n) is 15.9. The Morgan fingerprint density at radius 3 is 2.32 bits per heavy atom. The first-order valence-corrected chi connectivity index (χ1v) is 9.25. The minimum atomic E-state index is -0.812. The molecule has 2 rings (SSSR count). The first kappa shape index (κ1) is 21.4. The van der Waals surface area contributed by atoms with E-state index in [1.54, 1.807) is 26.0 Å². The number of nitrogens with zero attached hydrogens (tertiary/aromatic N) is 1. The van der Waals surface area contributed by atoms with Crippen molar-refractivity contribution in [3.8, 4) is 0 Å². The standard InChI is InChI=1S/C20H22ClN3O4/c1-4-13-5-8-15(9-6-13)22-20(26)18(12(2)3)23-19(25)14-7-10-16(21)17(11-14)24(27)28/h5-12,18H,4H2,1-3H3,(H,22,26)(H,23,25)/t18-/m0/s1. The van der Waals surface area contributed by atoms with Crippen molar-refractivity contribution in [2.45, 2.75) is 33.2 Å². The number of nitrogens with one attached hydrogen (secondary N) is 2. The second kappa shape index (κ2) is 9.32. The van der Waals surface area contributed by atoms with Gasteiger partial charge < -0.3 is 10.6 Å². The van der Waals surface area contributed by atoms with E-state index in [-0.39, 0.29) is 28.1 Å². The van der Waals surface area contributed by atoms with Crippen LogP contribution in [0.5, 0.6) is 0 Å². The van der Waals surface area contributed by atoms with Crippen LogP contribution in [0.25, 0.3) is 0 Å². The van der Waals surface area contributed by atoms with E-state index < -0.39 is 16.9 Å². The molecule has 0 aliphatic carbocycles. The summed E-state index contributed by atoms with van der Waals surface area (Å²) in [6.07, 6.45) is 0.895. The number of benzene rings is 2. The van der Waals surface area contributed by atoms with Gasteiger partial charge in [0, 0.05) is 17.3 Å². The summed E-state index contributed by atoms with van der Waals surface area (Å²) < 4.78 is 0. The number of hydrogen-bond donors (Lipinski definition) is 2. The van der Waals surface area contributed by atoms with Gasteiger partial charge in [0.05, 0.1) is 4.92 Å². The van der Waals surface area contributed by atoms with E-state index >= 15 is 0 Å². The Balaban J connectivity index is 2.15. The van der Waals surface area contributed by atoms with E-state index in [2.05, 4.69) is 10.6 Å². The predicted octanol–water partition coefficient (Wildman–Crippen LogP) is 4.20. The molecule has 2 N–H and O–H groups in total. The number of nitro benzene ring substituents is 1. The molecular weight excluding hydrogens is 382 g/mol. The Morgan fingerprint density at radius 2 is 1.79 bits per heavy atom. The van der Waals surface area contributed by atoms with Gasteiger partial charge in [-0.3, -0.25) is 19.7 Å². The van der Waals surface area contributed by atoms with Gasteiger partial charge in [0.25, 0.3) is 11.6 Å². The van der Waals surface area contributed by atoms with Crippen LogP contribution in [0.1, 0.15) is 36.7 Å². The fourth-order valence-corrected chi connectivity index (χ4v) is 2.78. The highest BCUT2D eigenvalue weighted by Gasteiger charge is 2.26. The van der Waals surface area contributed by atoms with E-state index in [4.69, 9.17) is 11.6 Å². The molecule has 0 spiro atoms. The Bertz CT molecular complexity index is 882. The van der Waals surface area contributed by atoms with Gasteiger partial charge in [0.1, 0.15) is 11.1 Å². The van der Waals surface area contributed by atoms with Crippen molar-refractivity contribution < 1.29 is 14.5 Å². The third-order valence-electron chi connectivity index (χ3n) is 4.27. The number of nitro groups is 1. The molecular formula is C20H22ClN3O4. The maximum absolute atomic E-state index is 12.6. The topological polar surface area (TPSA) is 101 Å². The summed E-state index contributed by atoms with van der Waals surface area (Å²) >= 11 is 5.78. The lowest BCUT2D eigenvalue weighted by Crippen LogP contribution is -2.47. The molecule has 0 unspecified atom stereocenters. The minimum absolute atomic E-state index is 0.0573. The lowest BCUT2D eigenvalue weighted by molar-refractivity contribution is -0.384. The van der Waals surface area contributed by atoms with Crippen LogP contribution in [0.3, 0.4) is 0 Å². The molecule has 0 heterocycles. The highest BCUT2D eigenvalue weighted by Crippen LogP contribution is 2.25. The largest absolute Gasteiger partial charge is 0.340 e. The molecule has 148 valence electrons. The third-order valence-corrected chi connectivity index (χ3v) is 4.59. The quantitative estimate of drug-likeness (QED) is 0.534. The van der Waals surface area contributed by atoms with Crippen LogP contribution in [0.2, 0.25) is 5.02 Å². The monoisotopic (exact) mass is 403 g/mol. The highest BCUT2D eigenvalue weighted by molar-refractivity contribution is 6.32. The molecule has 2 aromatic carbocycles. The maximum atomic E-state index is 12.6. The molecule has 0 fully saturated rings. The van der Waals surface area contributed by atoms with Crippen LogP contribution in [0.15, 0.2) is 42.5 Å². The second-order valence-electron chi connectivity index (χ2n) is 6.66. The van der Waals surface area contributed by atoms with Crippen molar-refractivity contribution >= 4 is 34.8 Å². The molecule has 7 nitrogen and oxygen atoms in total. The Morgan fingerprint density at radius 1 is 1.14 bits per heavy atom. The third kappa shape index (κ3) is 5.29. The van der Waals surface area contributed by atoms with Crippen molar-refractivity contribution in [3.05, 3.63) is 68.7 Å². The van der Waals surface area contributed by atoms with Gasteiger partial charge in [-0.25, -0.2) is 0 Å². The number of halogens is 1. The number of aryl methyl sites for hydroxylation is 1. The van der Waals surface area contributed by atoms with E-state index in [0.29, 0.717) is 5.69 Å². The summed E-state index contributed by atoms with van der Waals surface area (Å²) in [4.78, 5) is 35.5. The van der Waals surface area contributed by atoms with Gasteiger partial charge in [0.15, 0.2) is 0 Å². The average Bonchev–Trinajstić information content (AvgIpc) is 2.66. The number of carbonyl (C=O) groups excluding carboxylic acids is 2. The van der Waals surface area contributed by atoms with Gasteiger partial charge in [-0.2, -0.15) is 0 Å². The molecule has 2 amide bonds. The Hall–Kier alpha value is -2.93.